The lowest BCUT2D eigenvalue weighted by Gasteiger charge is -2.43. The highest BCUT2D eigenvalue weighted by molar-refractivity contribution is 4.90. The van der Waals surface area contributed by atoms with Gasteiger partial charge in [0, 0.05) is 27.9 Å². The Hall–Kier alpha value is -0.200. The van der Waals surface area contributed by atoms with E-state index in [0.717, 1.165) is 0 Å². The van der Waals surface area contributed by atoms with E-state index in [-0.39, 0.29) is 24.4 Å². The first-order chi connectivity index (χ1) is 7.69. The maximum Gasteiger partial charge on any atom is 0.186 e. The third kappa shape index (κ3) is 2.73. The SMILES string of the molecule is CCOC1C(OC)C(C)OC(OC)C1OC. The van der Waals surface area contributed by atoms with Crippen LogP contribution >= 0.6 is 0 Å². The lowest BCUT2D eigenvalue weighted by atomic mass is 9.99. The Morgan fingerprint density at radius 3 is 2.00 bits per heavy atom. The smallest absolute Gasteiger partial charge is 0.186 e. The Labute approximate surface area is 97.0 Å². The van der Waals surface area contributed by atoms with Crippen LogP contribution in [0.4, 0.5) is 0 Å². The standard InChI is InChI=1S/C11H22O5/c1-6-15-9-8(12-3)7(2)16-11(14-5)10(9)13-4/h7-11H,6H2,1-5H3. The molecule has 0 spiro atoms. The maximum atomic E-state index is 5.68. The van der Waals surface area contributed by atoms with E-state index < -0.39 is 6.29 Å². The van der Waals surface area contributed by atoms with Crippen LogP contribution in [0.3, 0.4) is 0 Å². The van der Waals surface area contributed by atoms with E-state index in [9.17, 15) is 0 Å². The van der Waals surface area contributed by atoms with Crippen LogP contribution in [0.25, 0.3) is 0 Å². The molecule has 0 aromatic carbocycles. The molecule has 5 nitrogen and oxygen atoms in total. The summed E-state index contributed by atoms with van der Waals surface area (Å²) in [5, 5.41) is 0. The van der Waals surface area contributed by atoms with Crippen LogP contribution in [-0.2, 0) is 23.7 Å². The van der Waals surface area contributed by atoms with Gasteiger partial charge >= 0.3 is 0 Å². The van der Waals surface area contributed by atoms with Crippen molar-refractivity contribution in [2.45, 2.75) is 44.6 Å². The molecular weight excluding hydrogens is 212 g/mol. The van der Waals surface area contributed by atoms with Gasteiger partial charge in [-0.2, -0.15) is 0 Å². The summed E-state index contributed by atoms with van der Waals surface area (Å²) < 4.78 is 27.4. The average molecular weight is 234 g/mol. The highest BCUT2D eigenvalue weighted by Gasteiger charge is 2.45. The third-order valence-electron chi connectivity index (χ3n) is 2.86. The highest BCUT2D eigenvalue weighted by Crippen LogP contribution is 2.27. The molecule has 16 heavy (non-hydrogen) atoms. The fourth-order valence-electron chi connectivity index (χ4n) is 2.12. The quantitative estimate of drug-likeness (QED) is 0.704. The molecule has 1 heterocycles. The molecule has 0 aromatic heterocycles. The summed E-state index contributed by atoms with van der Waals surface area (Å²) in [6, 6.07) is 0. The normalized spacial score (nSPS) is 39.9. The fourth-order valence-corrected chi connectivity index (χ4v) is 2.12. The Bertz CT molecular complexity index is 199. The second-order valence-electron chi connectivity index (χ2n) is 3.77. The molecule has 0 amide bonds. The Morgan fingerprint density at radius 1 is 0.938 bits per heavy atom. The number of methoxy groups -OCH3 is 3. The molecule has 0 aliphatic carbocycles. The summed E-state index contributed by atoms with van der Waals surface area (Å²) in [6.45, 7) is 4.49. The van der Waals surface area contributed by atoms with Crippen LogP contribution in [-0.4, -0.2) is 58.6 Å². The van der Waals surface area contributed by atoms with Crippen molar-refractivity contribution in [1.29, 1.82) is 0 Å². The van der Waals surface area contributed by atoms with E-state index in [1.165, 1.54) is 0 Å². The molecule has 1 aliphatic rings. The van der Waals surface area contributed by atoms with Gasteiger partial charge in [0.25, 0.3) is 0 Å². The van der Waals surface area contributed by atoms with Gasteiger partial charge in [0.1, 0.15) is 18.3 Å². The topological polar surface area (TPSA) is 46.2 Å². The van der Waals surface area contributed by atoms with E-state index in [0.29, 0.717) is 6.61 Å². The first-order valence-electron chi connectivity index (χ1n) is 5.55. The molecule has 5 atom stereocenters. The number of ether oxygens (including phenoxy) is 5. The maximum absolute atomic E-state index is 5.68. The van der Waals surface area contributed by atoms with Crippen molar-refractivity contribution < 1.29 is 23.7 Å². The fraction of sp³-hybridized carbons (Fsp3) is 1.00. The zero-order valence-corrected chi connectivity index (χ0v) is 10.6. The molecule has 0 bridgehead atoms. The summed E-state index contributed by atoms with van der Waals surface area (Å²) in [6.07, 6.45) is -1.09. The van der Waals surface area contributed by atoms with Gasteiger partial charge in [0.2, 0.25) is 0 Å². The summed E-state index contributed by atoms with van der Waals surface area (Å²) in [7, 11) is 4.87. The highest BCUT2D eigenvalue weighted by atomic mass is 16.7. The lowest BCUT2D eigenvalue weighted by Crippen LogP contribution is -2.59. The van der Waals surface area contributed by atoms with E-state index >= 15 is 0 Å². The molecule has 1 rings (SSSR count). The van der Waals surface area contributed by atoms with E-state index in [4.69, 9.17) is 23.7 Å². The van der Waals surface area contributed by atoms with Crippen LogP contribution in [0.5, 0.6) is 0 Å². The minimum Gasteiger partial charge on any atom is -0.376 e. The molecule has 0 saturated carbocycles. The Morgan fingerprint density at radius 2 is 1.56 bits per heavy atom. The molecule has 1 saturated heterocycles. The number of hydrogen-bond donors (Lipinski definition) is 0. The molecular formula is C11H22O5. The van der Waals surface area contributed by atoms with Gasteiger partial charge in [-0.05, 0) is 13.8 Å². The van der Waals surface area contributed by atoms with Gasteiger partial charge in [0.05, 0.1) is 6.10 Å². The predicted octanol–water partition coefficient (Wildman–Crippen LogP) is 0.813. The van der Waals surface area contributed by atoms with Crippen molar-refractivity contribution in [3.05, 3.63) is 0 Å². The molecule has 1 fully saturated rings. The second-order valence-corrected chi connectivity index (χ2v) is 3.77. The second kappa shape index (κ2) is 6.51. The van der Waals surface area contributed by atoms with Gasteiger partial charge in [-0.3, -0.25) is 0 Å². The molecule has 1 aliphatic heterocycles. The summed E-state index contributed by atoms with van der Waals surface area (Å²) in [5.74, 6) is 0. The molecule has 5 heteroatoms. The van der Waals surface area contributed by atoms with Crippen LogP contribution in [0.1, 0.15) is 13.8 Å². The minimum absolute atomic E-state index is 0.0853. The van der Waals surface area contributed by atoms with E-state index in [2.05, 4.69) is 0 Å². The van der Waals surface area contributed by atoms with E-state index in [1.807, 2.05) is 13.8 Å². The molecule has 5 unspecified atom stereocenters. The first-order valence-corrected chi connectivity index (χ1v) is 5.55. The van der Waals surface area contributed by atoms with Crippen LogP contribution in [0.15, 0.2) is 0 Å². The summed E-state index contributed by atoms with van der Waals surface area (Å²) in [5.41, 5.74) is 0. The van der Waals surface area contributed by atoms with Crippen molar-refractivity contribution in [1.82, 2.24) is 0 Å². The van der Waals surface area contributed by atoms with Gasteiger partial charge in [-0.1, -0.05) is 0 Å². The zero-order valence-electron chi connectivity index (χ0n) is 10.6. The van der Waals surface area contributed by atoms with Gasteiger partial charge in [-0.25, -0.2) is 0 Å². The first kappa shape index (κ1) is 13.9. The van der Waals surface area contributed by atoms with Crippen molar-refractivity contribution in [2.75, 3.05) is 27.9 Å². The Balaban J connectivity index is 2.81. The van der Waals surface area contributed by atoms with Crippen molar-refractivity contribution in [3.63, 3.8) is 0 Å². The van der Waals surface area contributed by atoms with Gasteiger partial charge in [-0.15, -0.1) is 0 Å². The molecule has 0 aromatic rings. The average Bonchev–Trinajstić information content (AvgIpc) is 2.29. The summed E-state index contributed by atoms with van der Waals surface area (Å²) in [4.78, 5) is 0. The van der Waals surface area contributed by atoms with Crippen LogP contribution < -0.4 is 0 Å². The zero-order chi connectivity index (χ0) is 12.1. The predicted molar refractivity (Wildman–Crippen MR) is 58.4 cm³/mol. The number of rotatable bonds is 5. The van der Waals surface area contributed by atoms with Gasteiger partial charge in [0.15, 0.2) is 6.29 Å². The molecule has 96 valence electrons. The number of hydrogen-bond acceptors (Lipinski definition) is 5. The monoisotopic (exact) mass is 234 g/mol. The largest absolute Gasteiger partial charge is 0.376 e. The van der Waals surface area contributed by atoms with Crippen LogP contribution in [0.2, 0.25) is 0 Å². The van der Waals surface area contributed by atoms with Crippen molar-refractivity contribution in [2.24, 2.45) is 0 Å². The van der Waals surface area contributed by atoms with Crippen molar-refractivity contribution >= 4 is 0 Å². The third-order valence-corrected chi connectivity index (χ3v) is 2.86. The van der Waals surface area contributed by atoms with Crippen molar-refractivity contribution in [3.8, 4) is 0 Å². The minimum atomic E-state index is -0.414. The Kier molecular flexibility index (Phi) is 5.64. The molecule has 0 N–H and O–H groups in total. The lowest BCUT2D eigenvalue weighted by molar-refractivity contribution is -0.301. The summed E-state index contributed by atoms with van der Waals surface area (Å²) >= 11 is 0. The van der Waals surface area contributed by atoms with E-state index in [1.54, 1.807) is 21.3 Å². The van der Waals surface area contributed by atoms with Gasteiger partial charge < -0.3 is 23.7 Å². The van der Waals surface area contributed by atoms with Crippen LogP contribution in [0, 0.1) is 0 Å². The molecule has 0 radical (unpaired) electrons.